The van der Waals surface area contributed by atoms with E-state index in [-0.39, 0.29) is 17.7 Å². The first kappa shape index (κ1) is 13.5. The molecule has 3 rings (SSSR count). The van der Waals surface area contributed by atoms with E-state index in [9.17, 15) is 14.7 Å². The fraction of sp³-hybridized carbons (Fsp3) is 0.467. The van der Waals surface area contributed by atoms with Crippen LogP contribution in [-0.4, -0.2) is 17.0 Å². The quantitative estimate of drug-likeness (QED) is 0.750. The molecule has 4 atom stereocenters. The first-order valence-electron chi connectivity index (χ1n) is 6.89. The molecule has 1 aromatic carbocycles. The van der Waals surface area contributed by atoms with Crippen molar-refractivity contribution in [3.63, 3.8) is 0 Å². The number of fused-ring (bicyclic) bond motifs is 2. The Kier molecular flexibility index (Phi) is 3.46. The summed E-state index contributed by atoms with van der Waals surface area (Å²) in [5.41, 5.74) is 0.646. The summed E-state index contributed by atoms with van der Waals surface area (Å²) in [4.78, 5) is 24.6. The van der Waals surface area contributed by atoms with Crippen molar-refractivity contribution in [2.24, 2.45) is 23.7 Å². The Morgan fingerprint density at radius 3 is 2.45 bits per heavy atom. The number of aliphatic carboxylic acids is 1. The lowest BCUT2D eigenvalue weighted by Crippen LogP contribution is -2.37. The molecule has 4 nitrogen and oxygen atoms in total. The summed E-state index contributed by atoms with van der Waals surface area (Å²) in [6, 6.07) is 7.25. The van der Waals surface area contributed by atoms with Gasteiger partial charge in [0.05, 0.1) is 17.5 Å². The van der Waals surface area contributed by atoms with Crippen molar-refractivity contribution in [3.05, 3.63) is 24.3 Å². The van der Waals surface area contributed by atoms with Crippen LogP contribution < -0.4 is 5.32 Å². The van der Waals surface area contributed by atoms with E-state index >= 15 is 0 Å². The van der Waals surface area contributed by atoms with Gasteiger partial charge in [0.15, 0.2) is 0 Å². The molecule has 0 radical (unpaired) electrons. The van der Waals surface area contributed by atoms with E-state index in [0.717, 1.165) is 19.3 Å². The lowest BCUT2D eigenvalue weighted by molar-refractivity contribution is -0.148. The van der Waals surface area contributed by atoms with E-state index in [1.165, 1.54) is 0 Å². The number of rotatable bonds is 3. The number of carbonyl (C=O) groups excluding carboxylic acids is 1. The van der Waals surface area contributed by atoms with Gasteiger partial charge in [0, 0.05) is 4.90 Å². The topological polar surface area (TPSA) is 66.4 Å². The number of carboxylic acids is 1. The zero-order valence-corrected chi connectivity index (χ0v) is 11.8. The Hall–Kier alpha value is -1.49. The highest BCUT2D eigenvalue weighted by molar-refractivity contribution is 7.80. The lowest BCUT2D eigenvalue weighted by atomic mass is 9.78. The van der Waals surface area contributed by atoms with Gasteiger partial charge in [0.25, 0.3) is 0 Å². The third-order valence-corrected chi connectivity index (χ3v) is 5.06. The van der Waals surface area contributed by atoms with Crippen LogP contribution in [0.2, 0.25) is 0 Å². The average molecular weight is 291 g/mol. The summed E-state index contributed by atoms with van der Waals surface area (Å²) in [6.45, 7) is 0. The lowest BCUT2D eigenvalue weighted by Gasteiger charge is -2.27. The molecule has 1 aromatic rings. The zero-order chi connectivity index (χ0) is 14.3. The number of anilines is 1. The first-order chi connectivity index (χ1) is 9.58. The van der Waals surface area contributed by atoms with Gasteiger partial charge in [-0.3, -0.25) is 9.59 Å². The second-order valence-electron chi connectivity index (χ2n) is 5.73. The molecule has 20 heavy (non-hydrogen) atoms. The Morgan fingerprint density at radius 1 is 1.15 bits per heavy atom. The van der Waals surface area contributed by atoms with Gasteiger partial charge in [0.1, 0.15) is 0 Å². The van der Waals surface area contributed by atoms with E-state index in [0.29, 0.717) is 10.6 Å². The maximum atomic E-state index is 12.5. The van der Waals surface area contributed by atoms with Gasteiger partial charge in [-0.15, -0.1) is 12.6 Å². The molecular formula is C15H17NO3S. The predicted octanol–water partition coefficient (Wildman–Crippen LogP) is 2.66. The average Bonchev–Trinajstić information content (AvgIpc) is 3.01. The van der Waals surface area contributed by atoms with Gasteiger partial charge in [0.2, 0.25) is 5.91 Å². The summed E-state index contributed by atoms with van der Waals surface area (Å²) in [7, 11) is 0. The van der Waals surface area contributed by atoms with Crippen molar-refractivity contribution in [1.82, 2.24) is 0 Å². The Morgan fingerprint density at radius 2 is 1.80 bits per heavy atom. The summed E-state index contributed by atoms with van der Waals surface area (Å²) >= 11 is 4.30. The van der Waals surface area contributed by atoms with Crippen LogP contribution in [0.3, 0.4) is 0 Å². The number of nitrogens with one attached hydrogen (secondary N) is 1. The molecule has 2 aliphatic rings. The molecule has 0 heterocycles. The number of hydrogen-bond acceptors (Lipinski definition) is 3. The molecule has 0 saturated heterocycles. The number of para-hydroxylation sites is 1. The van der Waals surface area contributed by atoms with Crippen LogP contribution in [0.25, 0.3) is 0 Å². The first-order valence-corrected chi connectivity index (χ1v) is 7.34. The summed E-state index contributed by atoms with van der Waals surface area (Å²) in [5, 5.41) is 12.2. The molecular weight excluding hydrogens is 274 g/mol. The van der Waals surface area contributed by atoms with Gasteiger partial charge in [-0.25, -0.2) is 0 Å². The van der Waals surface area contributed by atoms with Crippen molar-refractivity contribution in [2.75, 3.05) is 5.32 Å². The molecule has 0 unspecified atom stereocenters. The maximum Gasteiger partial charge on any atom is 0.307 e. The molecule has 2 N–H and O–H groups in total. The highest BCUT2D eigenvalue weighted by Gasteiger charge is 2.53. The number of carbonyl (C=O) groups is 2. The Labute approximate surface area is 123 Å². The van der Waals surface area contributed by atoms with Crippen LogP contribution in [0, 0.1) is 23.7 Å². The van der Waals surface area contributed by atoms with E-state index in [2.05, 4.69) is 17.9 Å². The normalized spacial score (nSPS) is 31.2. The largest absolute Gasteiger partial charge is 0.481 e. The fourth-order valence-corrected chi connectivity index (χ4v) is 4.04. The van der Waals surface area contributed by atoms with Crippen LogP contribution in [0.1, 0.15) is 19.3 Å². The van der Waals surface area contributed by atoms with E-state index in [1.54, 1.807) is 12.1 Å². The van der Waals surface area contributed by atoms with Gasteiger partial charge in [-0.1, -0.05) is 12.1 Å². The maximum absolute atomic E-state index is 12.5. The molecule has 0 aromatic heterocycles. The SMILES string of the molecule is O=C(O)[C@H]1[C@@H]2CC[C@@H](C2)[C@@H]1C(=O)Nc1ccccc1S. The molecule has 2 saturated carbocycles. The van der Waals surface area contributed by atoms with Gasteiger partial charge in [-0.05, 0) is 43.2 Å². The van der Waals surface area contributed by atoms with Crippen molar-refractivity contribution in [3.8, 4) is 0 Å². The predicted molar refractivity (Wildman–Crippen MR) is 77.8 cm³/mol. The van der Waals surface area contributed by atoms with E-state index in [1.807, 2.05) is 12.1 Å². The monoisotopic (exact) mass is 291 g/mol. The minimum Gasteiger partial charge on any atom is -0.481 e. The van der Waals surface area contributed by atoms with E-state index < -0.39 is 17.8 Å². The van der Waals surface area contributed by atoms with Crippen LogP contribution in [0.4, 0.5) is 5.69 Å². The molecule has 2 aliphatic carbocycles. The highest BCUT2D eigenvalue weighted by Crippen LogP contribution is 2.52. The number of carboxylic acid groups (broad SMARTS) is 1. The minimum absolute atomic E-state index is 0.166. The smallest absolute Gasteiger partial charge is 0.307 e. The molecule has 2 bridgehead atoms. The molecule has 0 spiro atoms. The molecule has 2 fully saturated rings. The van der Waals surface area contributed by atoms with Crippen LogP contribution in [0.15, 0.2) is 29.2 Å². The molecule has 106 valence electrons. The zero-order valence-electron chi connectivity index (χ0n) is 11.0. The van der Waals surface area contributed by atoms with Crippen molar-refractivity contribution in [2.45, 2.75) is 24.2 Å². The van der Waals surface area contributed by atoms with Crippen molar-refractivity contribution in [1.29, 1.82) is 0 Å². The Balaban J connectivity index is 1.80. The second-order valence-corrected chi connectivity index (χ2v) is 6.21. The van der Waals surface area contributed by atoms with Crippen LogP contribution in [-0.2, 0) is 9.59 Å². The van der Waals surface area contributed by atoms with E-state index in [4.69, 9.17) is 0 Å². The van der Waals surface area contributed by atoms with Crippen molar-refractivity contribution >= 4 is 30.2 Å². The summed E-state index contributed by atoms with van der Waals surface area (Å²) in [5.74, 6) is -1.56. The third kappa shape index (κ3) is 2.20. The molecule has 5 heteroatoms. The number of thiol groups is 1. The Bertz CT molecular complexity index is 560. The van der Waals surface area contributed by atoms with Crippen LogP contribution >= 0.6 is 12.6 Å². The number of benzene rings is 1. The van der Waals surface area contributed by atoms with Gasteiger partial charge >= 0.3 is 5.97 Å². The third-order valence-electron chi connectivity index (χ3n) is 4.67. The highest BCUT2D eigenvalue weighted by atomic mass is 32.1. The molecule has 0 aliphatic heterocycles. The van der Waals surface area contributed by atoms with Crippen molar-refractivity contribution < 1.29 is 14.7 Å². The fourth-order valence-electron chi connectivity index (χ4n) is 3.82. The van der Waals surface area contributed by atoms with Gasteiger partial charge < -0.3 is 10.4 Å². The second kappa shape index (κ2) is 5.13. The van der Waals surface area contributed by atoms with Gasteiger partial charge in [-0.2, -0.15) is 0 Å². The van der Waals surface area contributed by atoms with Crippen LogP contribution in [0.5, 0.6) is 0 Å². The minimum atomic E-state index is -0.837. The number of hydrogen-bond donors (Lipinski definition) is 3. The standard InChI is InChI=1S/C15H17NO3S/c17-14(16-10-3-1-2-4-11(10)20)12-8-5-6-9(7-8)13(12)15(18)19/h1-4,8-9,12-13,20H,5-7H2,(H,16,17)(H,18,19)/t8-,9+,12-,13-/m0/s1. The summed E-state index contributed by atoms with van der Waals surface area (Å²) < 4.78 is 0. The number of amides is 1. The molecule has 1 amide bonds. The summed E-state index contributed by atoms with van der Waals surface area (Å²) in [6.07, 6.45) is 2.78.